The molecule has 21 heavy (non-hydrogen) atoms. The van der Waals surface area contributed by atoms with Gasteiger partial charge in [-0.15, -0.1) is 24.0 Å². The normalized spacial score (nSPS) is 18.0. The summed E-state index contributed by atoms with van der Waals surface area (Å²) in [6.07, 6.45) is 5.37. The highest BCUT2D eigenvalue weighted by Gasteiger charge is 2.35. The Morgan fingerprint density at radius 3 is 2.24 bits per heavy atom. The summed E-state index contributed by atoms with van der Waals surface area (Å²) in [5, 5.41) is 6.99. The van der Waals surface area contributed by atoms with Crippen LogP contribution < -0.4 is 10.6 Å². The van der Waals surface area contributed by atoms with Crippen molar-refractivity contribution in [2.24, 2.45) is 15.8 Å². The van der Waals surface area contributed by atoms with Gasteiger partial charge < -0.3 is 15.5 Å². The zero-order chi connectivity index (χ0) is 15.2. The molecule has 0 unspecified atom stereocenters. The van der Waals surface area contributed by atoms with E-state index in [-0.39, 0.29) is 29.4 Å². The molecule has 0 bridgehead atoms. The van der Waals surface area contributed by atoms with Crippen molar-refractivity contribution in [2.45, 2.75) is 46.5 Å². The zero-order valence-electron chi connectivity index (χ0n) is 14.8. The molecule has 5 heteroatoms. The summed E-state index contributed by atoms with van der Waals surface area (Å²) in [5.41, 5.74) is 0.761. The topological polar surface area (TPSA) is 39.7 Å². The molecule has 0 amide bonds. The highest BCUT2D eigenvalue weighted by atomic mass is 127. The minimum Gasteiger partial charge on any atom is -0.356 e. The largest absolute Gasteiger partial charge is 0.356 e. The Labute approximate surface area is 148 Å². The minimum atomic E-state index is 0. The molecule has 0 aromatic carbocycles. The number of hydrogen-bond acceptors (Lipinski definition) is 2. The smallest absolute Gasteiger partial charge is 0.191 e. The molecule has 1 rings (SSSR count). The number of nitrogens with one attached hydrogen (secondary N) is 2. The second-order valence-electron chi connectivity index (χ2n) is 7.39. The van der Waals surface area contributed by atoms with Crippen molar-refractivity contribution in [1.82, 2.24) is 15.5 Å². The van der Waals surface area contributed by atoms with E-state index in [1.165, 1.54) is 25.7 Å². The number of nitrogens with zero attached hydrogens (tertiary/aromatic N) is 2. The van der Waals surface area contributed by atoms with Crippen molar-refractivity contribution >= 4 is 29.9 Å². The van der Waals surface area contributed by atoms with Crippen LogP contribution in [0.2, 0.25) is 0 Å². The molecule has 0 saturated heterocycles. The molecule has 0 spiro atoms. The molecule has 0 radical (unpaired) electrons. The highest BCUT2D eigenvalue weighted by molar-refractivity contribution is 14.0. The number of rotatable bonds is 7. The van der Waals surface area contributed by atoms with Crippen LogP contribution >= 0.6 is 24.0 Å². The van der Waals surface area contributed by atoms with E-state index in [1.807, 2.05) is 7.05 Å². The van der Waals surface area contributed by atoms with E-state index in [1.54, 1.807) is 0 Å². The number of halogens is 1. The summed E-state index contributed by atoms with van der Waals surface area (Å²) in [6, 6.07) is 0. The molecule has 1 fully saturated rings. The molecule has 126 valence electrons. The van der Waals surface area contributed by atoms with Gasteiger partial charge in [0.05, 0.1) is 0 Å². The molecule has 4 nitrogen and oxygen atoms in total. The third-order valence-corrected chi connectivity index (χ3v) is 4.50. The fourth-order valence-corrected chi connectivity index (χ4v) is 3.06. The minimum absolute atomic E-state index is 0. The Morgan fingerprint density at radius 1 is 1.24 bits per heavy atom. The third kappa shape index (κ3) is 7.17. The lowest BCUT2D eigenvalue weighted by Crippen LogP contribution is -2.49. The van der Waals surface area contributed by atoms with Crippen molar-refractivity contribution in [3.63, 3.8) is 0 Å². The molecule has 0 aromatic heterocycles. The van der Waals surface area contributed by atoms with Gasteiger partial charge >= 0.3 is 0 Å². The van der Waals surface area contributed by atoms with Gasteiger partial charge in [-0.05, 0) is 44.2 Å². The number of guanidine groups is 1. The summed E-state index contributed by atoms with van der Waals surface area (Å²) < 4.78 is 0. The van der Waals surface area contributed by atoms with E-state index in [4.69, 9.17) is 0 Å². The van der Waals surface area contributed by atoms with Gasteiger partial charge in [0.1, 0.15) is 0 Å². The maximum Gasteiger partial charge on any atom is 0.191 e. The first kappa shape index (κ1) is 21.0. The molecule has 0 atom stereocenters. The van der Waals surface area contributed by atoms with Crippen molar-refractivity contribution < 1.29 is 0 Å². The summed E-state index contributed by atoms with van der Waals surface area (Å²) in [5.74, 6) is 0.941. The van der Waals surface area contributed by atoms with Crippen LogP contribution in [0.5, 0.6) is 0 Å². The second kappa shape index (κ2) is 9.18. The zero-order valence-corrected chi connectivity index (χ0v) is 17.1. The van der Waals surface area contributed by atoms with Crippen LogP contribution in [-0.2, 0) is 0 Å². The number of aliphatic imine (C=N–C) groups is 1. The predicted molar refractivity (Wildman–Crippen MR) is 104 cm³/mol. The van der Waals surface area contributed by atoms with Crippen LogP contribution in [0.4, 0.5) is 0 Å². The van der Waals surface area contributed by atoms with Crippen LogP contribution in [0, 0.1) is 10.8 Å². The molecule has 1 aliphatic carbocycles. The Hall–Kier alpha value is -0.0400. The lowest BCUT2D eigenvalue weighted by Gasteiger charge is -2.41. The van der Waals surface area contributed by atoms with Gasteiger partial charge in [0.2, 0.25) is 0 Å². The summed E-state index contributed by atoms with van der Waals surface area (Å²) in [4.78, 5) is 6.58. The quantitative estimate of drug-likeness (QED) is 0.385. The summed E-state index contributed by atoms with van der Waals surface area (Å²) in [7, 11) is 6.10. The maximum atomic E-state index is 4.35. The van der Waals surface area contributed by atoms with E-state index in [0.29, 0.717) is 5.41 Å². The fourth-order valence-electron chi connectivity index (χ4n) is 3.06. The monoisotopic (exact) mass is 410 g/mol. The lowest BCUT2D eigenvalue weighted by atomic mass is 9.67. The van der Waals surface area contributed by atoms with Gasteiger partial charge in [-0.25, -0.2) is 0 Å². The SMILES string of the molecule is CCC1(CNC(=NC)NCC(C)(C)CN(C)C)CCC1.I. The Morgan fingerprint density at radius 2 is 1.86 bits per heavy atom. The van der Waals surface area contributed by atoms with Crippen molar-refractivity contribution in [3.05, 3.63) is 0 Å². The van der Waals surface area contributed by atoms with E-state index < -0.39 is 0 Å². The summed E-state index contributed by atoms with van der Waals surface area (Å²) >= 11 is 0. The Bertz CT molecular complexity index is 317. The first-order valence-corrected chi connectivity index (χ1v) is 7.92. The average Bonchev–Trinajstić information content (AvgIpc) is 2.30. The first-order chi connectivity index (χ1) is 9.32. The molecule has 0 aromatic rings. The Kier molecular flexibility index (Phi) is 9.16. The van der Waals surface area contributed by atoms with Crippen LogP contribution in [0.3, 0.4) is 0 Å². The first-order valence-electron chi connectivity index (χ1n) is 7.92. The van der Waals surface area contributed by atoms with Crippen LogP contribution in [0.1, 0.15) is 46.5 Å². The molecule has 1 saturated carbocycles. The van der Waals surface area contributed by atoms with Crippen LogP contribution in [-0.4, -0.2) is 51.6 Å². The summed E-state index contributed by atoms with van der Waals surface area (Å²) in [6.45, 7) is 9.92. The lowest BCUT2D eigenvalue weighted by molar-refractivity contribution is 0.131. The molecular weight excluding hydrogens is 375 g/mol. The second-order valence-corrected chi connectivity index (χ2v) is 7.39. The van der Waals surface area contributed by atoms with Gasteiger partial charge in [-0.2, -0.15) is 0 Å². The third-order valence-electron chi connectivity index (χ3n) is 4.50. The van der Waals surface area contributed by atoms with Crippen molar-refractivity contribution in [2.75, 3.05) is 40.8 Å². The highest BCUT2D eigenvalue weighted by Crippen LogP contribution is 2.42. The average molecular weight is 410 g/mol. The van der Waals surface area contributed by atoms with Gasteiger partial charge in [0.15, 0.2) is 5.96 Å². The van der Waals surface area contributed by atoms with E-state index in [0.717, 1.165) is 25.6 Å². The number of hydrogen-bond donors (Lipinski definition) is 2. The van der Waals surface area contributed by atoms with Crippen molar-refractivity contribution in [3.8, 4) is 0 Å². The predicted octanol–water partition coefficient (Wildman–Crippen LogP) is 2.94. The van der Waals surface area contributed by atoms with Gasteiger partial charge in [-0.3, -0.25) is 4.99 Å². The molecule has 1 aliphatic rings. The molecule has 0 heterocycles. The molecule has 0 aliphatic heterocycles. The van der Waals surface area contributed by atoms with Crippen LogP contribution in [0.15, 0.2) is 4.99 Å². The van der Waals surface area contributed by atoms with Crippen molar-refractivity contribution in [1.29, 1.82) is 0 Å². The maximum absolute atomic E-state index is 4.35. The van der Waals surface area contributed by atoms with E-state index in [9.17, 15) is 0 Å². The van der Waals surface area contributed by atoms with Gasteiger partial charge in [0, 0.05) is 26.7 Å². The molecular formula is C16H35IN4. The fraction of sp³-hybridized carbons (Fsp3) is 0.938. The van der Waals surface area contributed by atoms with Gasteiger partial charge in [0.25, 0.3) is 0 Å². The molecule has 2 N–H and O–H groups in total. The standard InChI is InChI=1S/C16H34N4.HI/c1-7-16(9-8-10-16)12-19-14(17-4)18-11-15(2,3)13-20(5)6;/h7-13H2,1-6H3,(H2,17,18,19);1H. The Balaban J connectivity index is 0.00000400. The van der Waals surface area contributed by atoms with Crippen LogP contribution in [0.25, 0.3) is 0 Å². The van der Waals surface area contributed by atoms with Gasteiger partial charge in [-0.1, -0.05) is 27.2 Å². The van der Waals surface area contributed by atoms with E-state index >= 15 is 0 Å². The van der Waals surface area contributed by atoms with E-state index in [2.05, 4.69) is 55.4 Å².